The van der Waals surface area contributed by atoms with Crippen LogP contribution >= 0.6 is 15.9 Å². The largest absolute Gasteiger partial charge is 0.495 e. The van der Waals surface area contributed by atoms with Gasteiger partial charge in [-0.15, -0.1) is 0 Å². The van der Waals surface area contributed by atoms with Crippen molar-refractivity contribution in [2.24, 2.45) is 5.73 Å². The maximum absolute atomic E-state index is 12.1. The number of primary amides is 1. The van der Waals surface area contributed by atoms with Crippen LogP contribution in [-0.2, 0) is 0 Å². The van der Waals surface area contributed by atoms with Gasteiger partial charge in [-0.2, -0.15) is 0 Å². The first-order chi connectivity index (χ1) is 10.0. The molecular formula is C14H12BrN3O3. The fourth-order valence-corrected chi connectivity index (χ4v) is 1.89. The van der Waals surface area contributed by atoms with Crippen LogP contribution in [0.3, 0.4) is 0 Å². The first-order valence-electron chi connectivity index (χ1n) is 5.92. The van der Waals surface area contributed by atoms with Gasteiger partial charge >= 0.3 is 0 Å². The van der Waals surface area contributed by atoms with Gasteiger partial charge in [0.2, 0.25) is 5.91 Å². The minimum absolute atomic E-state index is 0.240. The Bertz CT molecular complexity index is 686. The van der Waals surface area contributed by atoms with Gasteiger partial charge in [0.15, 0.2) is 0 Å². The summed E-state index contributed by atoms with van der Waals surface area (Å²) in [6.07, 6.45) is 1.52. The van der Waals surface area contributed by atoms with Crippen molar-refractivity contribution in [2.75, 3.05) is 12.4 Å². The van der Waals surface area contributed by atoms with Gasteiger partial charge in [0.05, 0.1) is 12.8 Å². The Morgan fingerprint density at radius 2 is 2.05 bits per heavy atom. The minimum Gasteiger partial charge on any atom is -0.495 e. The van der Waals surface area contributed by atoms with Crippen LogP contribution in [0.15, 0.2) is 41.0 Å². The number of methoxy groups -OCH3 is 1. The summed E-state index contributed by atoms with van der Waals surface area (Å²) in [5.41, 5.74) is 6.09. The van der Waals surface area contributed by atoms with Crippen LogP contribution in [0.4, 0.5) is 5.69 Å². The highest BCUT2D eigenvalue weighted by atomic mass is 79.9. The Morgan fingerprint density at radius 1 is 1.29 bits per heavy atom. The first-order valence-corrected chi connectivity index (χ1v) is 6.71. The zero-order valence-electron chi connectivity index (χ0n) is 11.1. The number of rotatable bonds is 4. The molecule has 1 aromatic carbocycles. The van der Waals surface area contributed by atoms with E-state index in [-0.39, 0.29) is 11.3 Å². The van der Waals surface area contributed by atoms with Crippen molar-refractivity contribution in [2.45, 2.75) is 0 Å². The molecule has 21 heavy (non-hydrogen) atoms. The van der Waals surface area contributed by atoms with Gasteiger partial charge < -0.3 is 15.8 Å². The molecule has 6 nitrogen and oxygen atoms in total. The Hall–Kier alpha value is -2.41. The Kier molecular flexibility index (Phi) is 4.54. The molecule has 0 saturated heterocycles. The standard InChI is InChI=1S/C14H12BrN3O3/c1-21-12-5-2-8(13(16)19)6-11(12)18-14(20)10-4-3-9(15)7-17-10/h2-7H,1H3,(H2,16,19)(H,18,20). The number of anilines is 1. The fourth-order valence-electron chi connectivity index (χ4n) is 1.66. The Balaban J connectivity index is 2.29. The van der Waals surface area contributed by atoms with E-state index in [1.54, 1.807) is 18.2 Å². The van der Waals surface area contributed by atoms with Crippen LogP contribution in [0.1, 0.15) is 20.8 Å². The van der Waals surface area contributed by atoms with Crippen molar-refractivity contribution in [1.29, 1.82) is 0 Å². The number of hydrogen-bond donors (Lipinski definition) is 2. The number of aromatic nitrogens is 1. The lowest BCUT2D eigenvalue weighted by atomic mass is 10.1. The SMILES string of the molecule is COc1ccc(C(N)=O)cc1NC(=O)c1ccc(Br)cn1. The molecule has 0 radical (unpaired) electrons. The zero-order chi connectivity index (χ0) is 15.4. The molecule has 2 rings (SSSR count). The number of hydrogen-bond acceptors (Lipinski definition) is 4. The number of halogens is 1. The molecule has 0 saturated carbocycles. The molecule has 3 N–H and O–H groups in total. The summed E-state index contributed by atoms with van der Waals surface area (Å²) in [7, 11) is 1.47. The number of nitrogens with one attached hydrogen (secondary N) is 1. The number of ether oxygens (including phenoxy) is 1. The molecule has 0 unspecified atom stereocenters. The van der Waals surface area contributed by atoms with Crippen LogP contribution in [0.25, 0.3) is 0 Å². The van der Waals surface area contributed by atoms with Gasteiger partial charge in [0.1, 0.15) is 11.4 Å². The quantitative estimate of drug-likeness (QED) is 0.884. The number of benzene rings is 1. The number of carbonyl (C=O) groups is 2. The molecule has 0 aliphatic heterocycles. The number of amides is 2. The second-order valence-electron chi connectivity index (χ2n) is 4.10. The van der Waals surface area contributed by atoms with Gasteiger partial charge in [0.25, 0.3) is 5.91 Å². The predicted octanol–water partition coefficient (Wildman–Crippen LogP) is 2.20. The van der Waals surface area contributed by atoms with Crippen LogP contribution < -0.4 is 15.8 Å². The predicted molar refractivity (Wildman–Crippen MR) is 81.4 cm³/mol. The van der Waals surface area contributed by atoms with E-state index in [9.17, 15) is 9.59 Å². The molecule has 2 amide bonds. The van der Waals surface area contributed by atoms with Crippen LogP contribution in [0.2, 0.25) is 0 Å². The van der Waals surface area contributed by atoms with Gasteiger partial charge in [-0.1, -0.05) is 0 Å². The van der Waals surface area contributed by atoms with Crippen LogP contribution in [0, 0.1) is 0 Å². The average molecular weight is 350 g/mol. The topological polar surface area (TPSA) is 94.3 Å². The van der Waals surface area contributed by atoms with Gasteiger partial charge in [-0.25, -0.2) is 4.98 Å². The summed E-state index contributed by atoms with van der Waals surface area (Å²) in [4.78, 5) is 27.3. The Labute approximate surface area is 129 Å². The molecule has 0 bridgehead atoms. The molecule has 2 aromatic rings. The third-order valence-corrected chi connectivity index (χ3v) is 3.16. The fraction of sp³-hybridized carbons (Fsp3) is 0.0714. The van der Waals surface area contributed by atoms with E-state index in [0.717, 1.165) is 4.47 Å². The minimum atomic E-state index is -0.588. The third kappa shape index (κ3) is 3.57. The van der Waals surface area contributed by atoms with Crippen molar-refractivity contribution >= 4 is 33.4 Å². The maximum atomic E-state index is 12.1. The summed E-state index contributed by atoms with van der Waals surface area (Å²) < 4.78 is 5.91. The maximum Gasteiger partial charge on any atom is 0.274 e. The second kappa shape index (κ2) is 6.36. The highest BCUT2D eigenvalue weighted by Crippen LogP contribution is 2.25. The summed E-state index contributed by atoms with van der Waals surface area (Å²) in [6.45, 7) is 0. The van der Waals surface area contributed by atoms with Crippen LogP contribution in [-0.4, -0.2) is 23.9 Å². The van der Waals surface area contributed by atoms with Crippen molar-refractivity contribution < 1.29 is 14.3 Å². The molecule has 0 spiro atoms. The van der Waals surface area contributed by atoms with E-state index in [2.05, 4.69) is 26.2 Å². The highest BCUT2D eigenvalue weighted by Gasteiger charge is 2.13. The van der Waals surface area contributed by atoms with Crippen molar-refractivity contribution in [1.82, 2.24) is 4.98 Å². The number of nitrogens with two attached hydrogens (primary N) is 1. The van der Waals surface area contributed by atoms with Gasteiger partial charge in [-0.3, -0.25) is 9.59 Å². The van der Waals surface area contributed by atoms with E-state index in [1.165, 1.54) is 25.4 Å². The molecule has 0 aliphatic rings. The number of carbonyl (C=O) groups excluding carboxylic acids is 2. The Morgan fingerprint density at radius 3 is 2.62 bits per heavy atom. The summed E-state index contributed by atoms with van der Waals surface area (Å²) in [5, 5.41) is 2.64. The molecule has 1 aromatic heterocycles. The second-order valence-corrected chi connectivity index (χ2v) is 5.01. The lowest BCUT2D eigenvalue weighted by Crippen LogP contribution is -2.16. The zero-order valence-corrected chi connectivity index (χ0v) is 12.7. The van der Waals surface area contributed by atoms with E-state index in [1.807, 2.05) is 0 Å². The summed E-state index contributed by atoms with van der Waals surface area (Å²) in [5.74, 6) is -0.581. The molecule has 7 heteroatoms. The lowest BCUT2D eigenvalue weighted by Gasteiger charge is -2.11. The normalized spacial score (nSPS) is 10.0. The molecule has 108 valence electrons. The van der Waals surface area contributed by atoms with E-state index in [0.29, 0.717) is 11.4 Å². The van der Waals surface area contributed by atoms with E-state index < -0.39 is 11.8 Å². The van der Waals surface area contributed by atoms with Crippen LogP contribution in [0.5, 0.6) is 5.75 Å². The van der Waals surface area contributed by atoms with Crippen molar-refractivity contribution in [3.63, 3.8) is 0 Å². The molecular weight excluding hydrogens is 338 g/mol. The van der Waals surface area contributed by atoms with Crippen molar-refractivity contribution in [3.05, 3.63) is 52.3 Å². The molecule has 0 aliphatic carbocycles. The lowest BCUT2D eigenvalue weighted by molar-refractivity contribution is 0.0995. The molecule has 0 atom stereocenters. The average Bonchev–Trinajstić information content (AvgIpc) is 2.47. The number of pyridine rings is 1. The highest BCUT2D eigenvalue weighted by molar-refractivity contribution is 9.10. The van der Waals surface area contributed by atoms with E-state index in [4.69, 9.17) is 10.5 Å². The summed E-state index contributed by atoms with van der Waals surface area (Å²) >= 11 is 3.24. The number of nitrogens with zero attached hydrogens (tertiary/aromatic N) is 1. The van der Waals surface area contributed by atoms with Gasteiger partial charge in [0, 0.05) is 16.2 Å². The molecule has 0 fully saturated rings. The molecule has 1 heterocycles. The van der Waals surface area contributed by atoms with E-state index >= 15 is 0 Å². The summed E-state index contributed by atoms with van der Waals surface area (Å²) in [6, 6.07) is 7.82. The smallest absolute Gasteiger partial charge is 0.274 e. The van der Waals surface area contributed by atoms with Gasteiger partial charge in [-0.05, 0) is 46.3 Å². The first kappa shape index (κ1) is 15.0. The third-order valence-electron chi connectivity index (χ3n) is 2.69. The van der Waals surface area contributed by atoms with Crippen molar-refractivity contribution in [3.8, 4) is 5.75 Å². The monoisotopic (exact) mass is 349 g/mol.